The van der Waals surface area contributed by atoms with Gasteiger partial charge in [0.2, 0.25) is 0 Å². The van der Waals surface area contributed by atoms with Crippen molar-refractivity contribution in [3.8, 4) is 0 Å². The fourth-order valence-corrected chi connectivity index (χ4v) is 3.79. The van der Waals surface area contributed by atoms with Gasteiger partial charge in [0.1, 0.15) is 5.76 Å². The smallest absolute Gasteiger partial charge is 0.279 e. The second-order valence-corrected chi connectivity index (χ2v) is 7.13. The highest BCUT2D eigenvalue weighted by Gasteiger charge is 2.27. The van der Waals surface area contributed by atoms with E-state index in [0.717, 1.165) is 31.7 Å². The van der Waals surface area contributed by atoms with Crippen molar-refractivity contribution in [3.63, 3.8) is 0 Å². The van der Waals surface area contributed by atoms with Crippen LogP contribution in [0.2, 0.25) is 0 Å². The molecule has 1 aliphatic rings. The predicted octanol–water partition coefficient (Wildman–Crippen LogP) is 0.978. The monoisotopic (exact) mass is 315 g/mol. The topological polar surface area (TPSA) is 74.6 Å². The van der Waals surface area contributed by atoms with Gasteiger partial charge in [0.05, 0.1) is 6.26 Å². The summed E-state index contributed by atoms with van der Waals surface area (Å²) in [6.45, 7) is 5.61. The van der Waals surface area contributed by atoms with Crippen LogP contribution < -0.4 is 10.0 Å². The molecule has 2 heterocycles. The molecule has 7 heteroatoms. The number of nitrogens with one attached hydrogen (secondary N) is 2. The standard InChI is InChI=1S/C14H25N3O3S/c1-2-15-12-13-6-9-17(10-7-13)21(18,19)16-8-5-14-4-3-11-20-14/h3-4,11,13,15-16H,2,5-10,12H2,1H3. The van der Waals surface area contributed by atoms with E-state index in [2.05, 4.69) is 17.0 Å². The first-order chi connectivity index (χ1) is 10.1. The van der Waals surface area contributed by atoms with E-state index in [4.69, 9.17) is 4.42 Å². The van der Waals surface area contributed by atoms with Crippen molar-refractivity contribution in [1.29, 1.82) is 0 Å². The van der Waals surface area contributed by atoms with E-state index in [1.54, 1.807) is 16.6 Å². The largest absolute Gasteiger partial charge is 0.469 e. The molecular formula is C14H25N3O3S. The van der Waals surface area contributed by atoms with E-state index >= 15 is 0 Å². The number of hydrogen-bond acceptors (Lipinski definition) is 4. The molecule has 2 rings (SSSR count). The first kappa shape index (κ1) is 16.5. The normalized spacial score (nSPS) is 18.1. The van der Waals surface area contributed by atoms with Gasteiger partial charge in [-0.15, -0.1) is 0 Å². The van der Waals surface area contributed by atoms with E-state index in [9.17, 15) is 8.42 Å². The van der Waals surface area contributed by atoms with Crippen LogP contribution in [0.1, 0.15) is 25.5 Å². The summed E-state index contributed by atoms with van der Waals surface area (Å²) in [5, 5.41) is 3.33. The minimum absolute atomic E-state index is 0.368. The van der Waals surface area contributed by atoms with E-state index in [1.165, 1.54) is 0 Å². The molecule has 21 heavy (non-hydrogen) atoms. The maximum absolute atomic E-state index is 12.2. The summed E-state index contributed by atoms with van der Waals surface area (Å²) < 4.78 is 33.8. The summed E-state index contributed by atoms with van der Waals surface area (Å²) in [4.78, 5) is 0. The van der Waals surface area contributed by atoms with Crippen molar-refractivity contribution in [2.24, 2.45) is 5.92 Å². The molecule has 0 amide bonds. The Morgan fingerprint density at radius 3 is 2.76 bits per heavy atom. The molecule has 1 fully saturated rings. The van der Waals surface area contributed by atoms with Gasteiger partial charge in [-0.1, -0.05) is 6.92 Å². The zero-order valence-corrected chi connectivity index (χ0v) is 13.4. The van der Waals surface area contributed by atoms with Gasteiger partial charge in [-0.05, 0) is 44.0 Å². The summed E-state index contributed by atoms with van der Waals surface area (Å²) in [7, 11) is -3.36. The molecule has 0 saturated carbocycles. The van der Waals surface area contributed by atoms with Gasteiger partial charge in [-0.25, -0.2) is 4.72 Å². The third-order valence-electron chi connectivity index (χ3n) is 3.83. The highest BCUT2D eigenvalue weighted by molar-refractivity contribution is 7.87. The lowest BCUT2D eigenvalue weighted by Crippen LogP contribution is -2.46. The van der Waals surface area contributed by atoms with Gasteiger partial charge in [-0.2, -0.15) is 12.7 Å². The second-order valence-electron chi connectivity index (χ2n) is 5.38. The molecule has 1 aliphatic heterocycles. The Bertz CT molecular complexity index is 494. The van der Waals surface area contributed by atoms with Crippen LogP contribution in [0.15, 0.2) is 22.8 Å². The Labute approximate surface area is 127 Å². The van der Waals surface area contributed by atoms with Crippen LogP contribution in [0, 0.1) is 5.92 Å². The van der Waals surface area contributed by atoms with Crippen molar-refractivity contribution >= 4 is 10.2 Å². The van der Waals surface area contributed by atoms with Gasteiger partial charge >= 0.3 is 0 Å². The lowest BCUT2D eigenvalue weighted by Gasteiger charge is -2.31. The highest BCUT2D eigenvalue weighted by Crippen LogP contribution is 2.18. The summed E-state index contributed by atoms with van der Waals surface area (Å²) in [5.41, 5.74) is 0. The number of piperidine rings is 1. The molecule has 0 unspecified atom stereocenters. The zero-order chi connectivity index (χ0) is 15.1. The summed E-state index contributed by atoms with van der Waals surface area (Å²) >= 11 is 0. The van der Waals surface area contributed by atoms with Crippen molar-refractivity contribution in [2.45, 2.75) is 26.2 Å². The molecule has 0 spiro atoms. The third-order valence-corrected chi connectivity index (χ3v) is 5.45. The fraction of sp³-hybridized carbons (Fsp3) is 0.714. The summed E-state index contributed by atoms with van der Waals surface area (Å²) in [6.07, 6.45) is 4.01. The van der Waals surface area contributed by atoms with Gasteiger partial charge in [0, 0.05) is 26.1 Å². The van der Waals surface area contributed by atoms with Crippen LogP contribution in [0.4, 0.5) is 0 Å². The average Bonchev–Trinajstić information content (AvgIpc) is 2.98. The van der Waals surface area contributed by atoms with E-state index in [1.807, 2.05) is 6.07 Å². The SMILES string of the molecule is CCNCC1CCN(S(=O)(=O)NCCc2ccco2)CC1. The highest BCUT2D eigenvalue weighted by atomic mass is 32.2. The molecule has 0 aromatic carbocycles. The maximum Gasteiger partial charge on any atom is 0.279 e. The lowest BCUT2D eigenvalue weighted by atomic mass is 9.98. The molecule has 1 aromatic rings. The number of rotatable bonds is 8. The first-order valence-corrected chi connectivity index (χ1v) is 9.03. The number of hydrogen-bond donors (Lipinski definition) is 2. The molecule has 2 N–H and O–H groups in total. The van der Waals surface area contributed by atoms with Crippen LogP contribution in [-0.2, 0) is 16.6 Å². The molecule has 120 valence electrons. The summed E-state index contributed by atoms with van der Waals surface area (Å²) in [6, 6.07) is 3.65. The van der Waals surface area contributed by atoms with E-state index < -0.39 is 10.2 Å². The Morgan fingerprint density at radius 1 is 1.38 bits per heavy atom. The van der Waals surface area contributed by atoms with Crippen molar-refractivity contribution in [3.05, 3.63) is 24.2 Å². The quantitative estimate of drug-likeness (QED) is 0.750. The van der Waals surface area contributed by atoms with Gasteiger partial charge in [-0.3, -0.25) is 0 Å². The first-order valence-electron chi connectivity index (χ1n) is 7.59. The minimum atomic E-state index is -3.36. The Balaban J connectivity index is 1.73. The van der Waals surface area contributed by atoms with E-state index in [0.29, 0.717) is 32.0 Å². The number of nitrogens with zero attached hydrogens (tertiary/aromatic N) is 1. The molecule has 0 radical (unpaired) electrons. The van der Waals surface area contributed by atoms with Crippen LogP contribution in [0.3, 0.4) is 0 Å². The van der Waals surface area contributed by atoms with Gasteiger partial charge in [0.15, 0.2) is 0 Å². The Kier molecular flexibility index (Phi) is 6.22. The molecule has 0 atom stereocenters. The van der Waals surface area contributed by atoms with Crippen molar-refractivity contribution < 1.29 is 12.8 Å². The third kappa shape index (κ3) is 5.10. The molecular weight excluding hydrogens is 290 g/mol. The Morgan fingerprint density at radius 2 is 2.14 bits per heavy atom. The second kappa shape index (κ2) is 7.93. The summed E-state index contributed by atoms with van der Waals surface area (Å²) in [5.74, 6) is 1.38. The van der Waals surface area contributed by atoms with Gasteiger partial charge in [0.25, 0.3) is 10.2 Å². The van der Waals surface area contributed by atoms with Crippen LogP contribution in [0.5, 0.6) is 0 Å². The molecule has 0 aliphatic carbocycles. The fourth-order valence-electron chi connectivity index (χ4n) is 2.55. The van der Waals surface area contributed by atoms with Crippen LogP contribution in [0.25, 0.3) is 0 Å². The molecule has 1 saturated heterocycles. The van der Waals surface area contributed by atoms with Crippen molar-refractivity contribution in [1.82, 2.24) is 14.3 Å². The molecule has 1 aromatic heterocycles. The maximum atomic E-state index is 12.2. The molecule has 0 bridgehead atoms. The zero-order valence-electron chi connectivity index (χ0n) is 12.5. The van der Waals surface area contributed by atoms with Crippen molar-refractivity contribution in [2.75, 3.05) is 32.7 Å². The lowest BCUT2D eigenvalue weighted by molar-refractivity contribution is 0.266. The molecule has 6 nitrogen and oxygen atoms in total. The average molecular weight is 315 g/mol. The van der Waals surface area contributed by atoms with Crippen LogP contribution >= 0.6 is 0 Å². The Hall–Kier alpha value is -0.890. The van der Waals surface area contributed by atoms with Crippen LogP contribution in [-0.4, -0.2) is 45.4 Å². The number of furan rings is 1. The predicted molar refractivity (Wildman–Crippen MR) is 82.2 cm³/mol. The van der Waals surface area contributed by atoms with Gasteiger partial charge < -0.3 is 9.73 Å². The van der Waals surface area contributed by atoms with E-state index in [-0.39, 0.29) is 0 Å². The minimum Gasteiger partial charge on any atom is -0.469 e.